The summed E-state index contributed by atoms with van der Waals surface area (Å²) in [6.07, 6.45) is 1.32. The van der Waals surface area contributed by atoms with Crippen LogP contribution in [-0.2, 0) is 9.53 Å². The molecule has 2 aromatic carbocycles. The lowest BCUT2D eigenvalue weighted by Crippen LogP contribution is -2.49. The van der Waals surface area contributed by atoms with Gasteiger partial charge >= 0.3 is 5.97 Å². The number of allylic oxidation sites excluding steroid dienone is 1. The predicted octanol–water partition coefficient (Wildman–Crippen LogP) is 3.69. The van der Waals surface area contributed by atoms with Crippen LogP contribution in [0, 0.1) is 0 Å². The summed E-state index contributed by atoms with van der Waals surface area (Å²) in [7, 11) is 1.61. The van der Waals surface area contributed by atoms with Crippen molar-refractivity contribution in [1.82, 2.24) is 10.6 Å². The fourth-order valence-corrected chi connectivity index (χ4v) is 3.32. The maximum absolute atomic E-state index is 12.6. The normalized spacial score (nSPS) is 19.5. The van der Waals surface area contributed by atoms with E-state index in [2.05, 4.69) is 10.6 Å². The molecule has 0 bridgehead atoms. The smallest absolute Gasteiger partial charge is 0.337 e. The SMILES string of the molecule is CCOC(=O)C1=C(C)NC(/C=C(\O)c2ccccc2)NC1c1ccc(OC)cc1. The Hall–Kier alpha value is -3.25. The molecular weight excluding hydrogens is 368 g/mol. The van der Waals surface area contributed by atoms with Crippen LogP contribution in [0.4, 0.5) is 0 Å². The van der Waals surface area contributed by atoms with Gasteiger partial charge in [0.2, 0.25) is 0 Å². The van der Waals surface area contributed by atoms with Gasteiger partial charge < -0.3 is 19.9 Å². The second kappa shape index (κ2) is 9.30. The highest BCUT2D eigenvalue weighted by Crippen LogP contribution is 2.30. The third-order valence-corrected chi connectivity index (χ3v) is 4.75. The summed E-state index contributed by atoms with van der Waals surface area (Å²) >= 11 is 0. The standard InChI is InChI=1S/C23H26N2O4/c1-4-29-23(27)21-15(2)24-20(14-19(26)16-8-6-5-7-9-16)25-22(21)17-10-12-18(28-3)13-11-17/h5-14,20,22,24-26H,4H2,1-3H3/b19-14-. The Morgan fingerprint density at radius 3 is 2.45 bits per heavy atom. The number of carbonyl (C=O) groups excluding carboxylic acids is 1. The molecule has 1 heterocycles. The molecule has 1 aliphatic rings. The lowest BCUT2D eigenvalue weighted by molar-refractivity contribution is -0.139. The van der Waals surface area contributed by atoms with Crippen LogP contribution in [0.5, 0.6) is 5.75 Å². The molecular formula is C23H26N2O4. The second-order valence-electron chi connectivity index (χ2n) is 6.67. The molecule has 6 nitrogen and oxygen atoms in total. The Labute approximate surface area is 170 Å². The maximum Gasteiger partial charge on any atom is 0.337 e. The molecule has 0 spiro atoms. The number of methoxy groups -OCH3 is 1. The molecule has 0 radical (unpaired) electrons. The fourth-order valence-electron chi connectivity index (χ4n) is 3.32. The molecule has 0 aliphatic carbocycles. The molecule has 3 N–H and O–H groups in total. The number of ether oxygens (including phenoxy) is 2. The highest BCUT2D eigenvalue weighted by Gasteiger charge is 2.32. The zero-order valence-corrected chi connectivity index (χ0v) is 16.8. The molecule has 6 heteroatoms. The van der Waals surface area contributed by atoms with Gasteiger partial charge in [-0.1, -0.05) is 42.5 Å². The second-order valence-corrected chi connectivity index (χ2v) is 6.67. The third kappa shape index (κ3) is 4.78. The first-order chi connectivity index (χ1) is 14.0. The summed E-state index contributed by atoms with van der Waals surface area (Å²) in [5.74, 6) is 0.510. The van der Waals surface area contributed by atoms with Crippen molar-refractivity contribution in [1.29, 1.82) is 0 Å². The lowest BCUT2D eigenvalue weighted by Gasteiger charge is -2.34. The molecule has 0 amide bonds. The minimum absolute atomic E-state index is 0.150. The van der Waals surface area contributed by atoms with Gasteiger partial charge in [0.05, 0.1) is 25.3 Å². The molecule has 2 unspecified atom stereocenters. The van der Waals surface area contributed by atoms with E-state index in [1.807, 2.05) is 61.5 Å². The van der Waals surface area contributed by atoms with E-state index in [1.165, 1.54) is 0 Å². The van der Waals surface area contributed by atoms with Crippen molar-refractivity contribution < 1.29 is 19.4 Å². The number of carbonyl (C=O) groups is 1. The van der Waals surface area contributed by atoms with Crippen LogP contribution in [0.15, 0.2) is 71.9 Å². The summed E-state index contributed by atoms with van der Waals surface area (Å²) in [4.78, 5) is 12.6. The first-order valence-corrected chi connectivity index (χ1v) is 9.54. The van der Waals surface area contributed by atoms with Gasteiger partial charge in [-0.3, -0.25) is 5.32 Å². The van der Waals surface area contributed by atoms with Gasteiger partial charge in [0.25, 0.3) is 0 Å². The van der Waals surface area contributed by atoms with E-state index in [0.717, 1.165) is 16.9 Å². The monoisotopic (exact) mass is 394 g/mol. The van der Waals surface area contributed by atoms with Gasteiger partial charge in [0.15, 0.2) is 0 Å². The zero-order chi connectivity index (χ0) is 20.8. The van der Waals surface area contributed by atoms with Crippen molar-refractivity contribution >= 4 is 11.7 Å². The Morgan fingerprint density at radius 1 is 1.14 bits per heavy atom. The van der Waals surface area contributed by atoms with Crippen molar-refractivity contribution in [3.8, 4) is 5.75 Å². The zero-order valence-electron chi connectivity index (χ0n) is 16.8. The Kier molecular flexibility index (Phi) is 6.57. The largest absolute Gasteiger partial charge is 0.508 e. The lowest BCUT2D eigenvalue weighted by atomic mass is 9.94. The summed E-state index contributed by atoms with van der Waals surface area (Å²) in [6, 6.07) is 16.4. The van der Waals surface area contributed by atoms with Crippen molar-refractivity contribution in [2.24, 2.45) is 0 Å². The Bertz CT molecular complexity index is 904. The number of aliphatic hydroxyl groups excluding tert-OH is 1. The van der Waals surface area contributed by atoms with Crippen LogP contribution in [0.25, 0.3) is 5.76 Å². The van der Waals surface area contributed by atoms with Crippen LogP contribution < -0.4 is 15.4 Å². The highest BCUT2D eigenvalue weighted by atomic mass is 16.5. The molecule has 0 fully saturated rings. The molecule has 2 aromatic rings. The van der Waals surface area contributed by atoms with Crippen LogP contribution in [0.3, 0.4) is 0 Å². The van der Waals surface area contributed by atoms with Crippen LogP contribution in [0.1, 0.15) is 31.0 Å². The third-order valence-electron chi connectivity index (χ3n) is 4.75. The van der Waals surface area contributed by atoms with E-state index in [1.54, 1.807) is 20.1 Å². The number of hydrogen-bond acceptors (Lipinski definition) is 6. The molecule has 0 aromatic heterocycles. The van der Waals surface area contributed by atoms with E-state index >= 15 is 0 Å². The van der Waals surface area contributed by atoms with E-state index in [9.17, 15) is 9.90 Å². The molecule has 3 rings (SSSR count). The molecule has 0 saturated carbocycles. The number of aliphatic hydroxyl groups is 1. The van der Waals surface area contributed by atoms with Crippen LogP contribution in [0.2, 0.25) is 0 Å². The first-order valence-electron chi connectivity index (χ1n) is 9.54. The summed E-state index contributed by atoms with van der Waals surface area (Å²) in [5.41, 5.74) is 2.83. The minimum atomic E-state index is -0.397. The highest BCUT2D eigenvalue weighted by molar-refractivity contribution is 5.91. The van der Waals surface area contributed by atoms with Gasteiger partial charge in [-0.2, -0.15) is 0 Å². The van der Waals surface area contributed by atoms with Gasteiger partial charge in [0.1, 0.15) is 17.7 Å². The average Bonchev–Trinajstić information content (AvgIpc) is 2.74. The number of rotatable bonds is 6. The molecule has 0 saturated heterocycles. The fraction of sp³-hybridized carbons (Fsp3) is 0.261. The summed E-state index contributed by atoms with van der Waals surface area (Å²) < 4.78 is 10.5. The number of esters is 1. The molecule has 2 atom stereocenters. The maximum atomic E-state index is 12.6. The average molecular weight is 394 g/mol. The van der Waals surface area contributed by atoms with E-state index in [-0.39, 0.29) is 17.9 Å². The van der Waals surface area contributed by atoms with Gasteiger partial charge in [-0.15, -0.1) is 0 Å². The topological polar surface area (TPSA) is 79.8 Å². The van der Waals surface area contributed by atoms with Gasteiger partial charge in [-0.05, 0) is 37.6 Å². The van der Waals surface area contributed by atoms with Crippen molar-refractivity contribution in [3.05, 3.63) is 83.1 Å². The number of nitrogens with one attached hydrogen (secondary N) is 2. The number of hydrogen-bond donors (Lipinski definition) is 3. The minimum Gasteiger partial charge on any atom is -0.508 e. The number of benzene rings is 2. The van der Waals surface area contributed by atoms with Crippen molar-refractivity contribution in [2.75, 3.05) is 13.7 Å². The molecule has 29 heavy (non-hydrogen) atoms. The quantitative estimate of drug-likeness (QED) is 0.512. The molecule has 1 aliphatic heterocycles. The van der Waals surface area contributed by atoms with Crippen LogP contribution in [-0.4, -0.2) is 31.0 Å². The Morgan fingerprint density at radius 2 is 1.83 bits per heavy atom. The summed E-state index contributed by atoms with van der Waals surface area (Å²) in [6.45, 7) is 3.91. The van der Waals surface area contributed by atoms with Gasteiger partial charge in [0, 0.05) is 11.3 Å². The van der Waals surface area contributed by atoms with E-state index < -0.39 is 6.04 Å². The van der Waals surface area contributed by atoms with E-state index in [0.29, 0.717) is 17.9 Å². The van der Waals surface area contributed by atoms with Crippen LogP contribution >= 0.6 is 0 Å². The molecule has 152 valence electrons. The first kappa shape index (κ1) is 20.5. The van der Waals surface area contributed by atoms with Crippen molar-refractivity contribution in [2.45, 2.75) is 26.1 Å². The predicted molar refractivity (Wildman–Crippen MR) is 112 cm³/mol. The Balaban J connectivity index is 1.95. The van der Waals surface area contributed by atoms with E-state index in [4.69, 9.17) is 9.47 Å². The van der Waals surface area contributed by atoms with Crippen molar-refractivity contribution in [3.63, 3.8) is 0 Å². The van der Waals surface area contributed by atoms with Gasteiger partial charge in [-0.25, -0.2) is 4.79 Å². The summed E-state index contributed by atoms with van der Waals surface area (Å²) in [5, 5.41) is 17.1.